The molecule has 3 nitrogen and oxygen atoms in total. The fourth-order valence-corrected chi connectivity index (χ4v) is 7.40. The molecule has 40 heavy (non-hydrogen) atoms. The Kier molecular flexibility index (Phi) is 5.06. The second-order valence-corrected chi connectivity index (χ2v) is 11.1. The van der Waals surface area contributed by atoms with Gasteiger partial charge in [-0.15, -0.1) is 11.3 Å². The largest absolute Gasteiger partial charge is 0.309 e. The van der Waals surface area contributed by atoms with Crippen molar-refractivity contribution in [2.24, 2.45) is 0 Å². The van der Waals surface area contributed by atoms with Crippen LogP contribution in [-0.4, -0.2) is 14.1 Å². The van der Waals surface area contributed by atoms with E-state index in [9.17, 15) is 0 Å². The molecule has 0 spiro atoms. The number of allylic oxidation sites excluding steroid dienone is 1. The lowest BCUT2D eigenvalue weighted by atomic mass is 10.1. The average molecular weight is 532 g/mol. The van der Waals surface area contributed by atoms with E-state index in [4.69, 9.17) is 4.98 Å². The molecular weight excluding hydrogens is 506 g/mol. The Hall–Kier alpha value is -4.93. The molecule has 4 aromatic heterocycles. The predicted molar refractivity (Wildman–Crippen MR) is 173 cm³/mol. The lowest BCUT2D eigenvalue weighted by molar-refractivity contribution is 1.10. The van der Waals surface area contributed by atoms with E-state index in [0.717, 1.165) is 28.1 Å². The van der Waals surface area contributed by atoms with Crippen LogP contribution in [-0.2, 0) is 0 Å². The third-order valence-electron chi connectivity index (χ3n) is 7.90. The van der Waals surface area contributed by atoms with E-state index in [0.29, 0.717) is 0 Å². The third-order valence-corrected chi connectivity index (χ3v) is 9.11. The molecule has 0 radical (unpaired) electrons. The summed E-state index contributed by atoms with van der Waals surface area (Å²) in [6.07, 6.45) is 10.2. The van der Waals surface area contributed by atoms with Crippen molar-refractivity contribution in [2.75, 3.05) is 0 Å². The van der Waals surface area contributed by atoms with Crippen molar-refractivity contribution in [1.82, 2.24) is 14.1 Å². The van der Waals surface area contributed by atoms with Gasteiger partial charge in [0.05, 0.1) is 38.8 Å². The van der Waals surface area contributed by atoms with Crippen LogP contribution in [0.25, 0.3) is 76.4 Å². The Labute approximate surface area is 235 Å². The summed E-state index contributed by atoms with van der Waals surface area (Å²) in [6.45, 7) is 6.20. The van der Waals surface area contributed by atoms with Gasteiger partial charge in [0, 0.05) is 49.1 Å². The number of pyridine rings is 1. The number of fused-ring (bicyclic) bond motifs is 7. The average Bonchev–Trinajstić information content (AvgIpc) is 3.64. The highest BCUT2D eigenvalue weighted by molar-refractivity contribution is 7.26. The molecule has 0 saturated carbocycles. The van der Waals surface area contributed by atoms with Crippen LogP contribution in [0.1, 0.15) is 18.2 Å². The van der Waals surface area contributed by atoms with Crippen LogP contribution in [0.3, 0.4) is 0 Å². The molecule has 0 aliphatic heterocycles. The van der Waals surface area contributed by atoms with Gasteiger partial charge < -0.3 is 9.13 Å². The van der Waals surface area contributed by atoms with Crippen LogP contribution in [0, 0.1) is 0 Å². The number of rotatable bonds is 4. The summed E-state index contributed by atoms with van der Waals surface area (Å²) in [5.41, 5.74) is 8.10. The van der Waals surface area contributed by atoms with Crippen molar-refractivity contribution in [3.8, 4) is 11.4 Å². The second-order valence-electron chi connectivity index (χ2n) is 10.0. The zero-order chi connectivity index (χ0) is 26.8. The molecule has 8 aromatic rings. The van der Waals surface area contributed by atoms with Gasteiger partial charge in [-0.1, -0.05) is 73.3 Å². The molecule has 0 bridgehead atoms. The summed E-state index contributed by atoms with van der Waals surface area (Å²) < 4.78 is 7.20. The Morgan fingerprint density at radius 2 is 1.35 bits per heavy atom. The van der Waals surface area contributed by atoms with Crippen LogP contribution in [0.4, 0.5) is 0 Å². The van der Waals surface area contributed by atoms with Crippen LogP contribution in [0.5, 0.6) is 0 Å². The first-order chi connectivity index (χ1) is 19.8. The van der Waals surface area contributed by atoms with Gasteiger partial charge >= 0.3 is 0 Å². The molecule has 0 saturated heterocycles. The monoisotopic (exact) mass is 531 g/mol. The number of benzene rings is 4. The van der Waals surface area contributed by atoms with Crippen molar-refractivity contribution in [1.29, 1.82) is 0 Å². The Bertz CT molecular complexity index is 2260. The summed E-state index contributed by atoms with van der Waals surface area (Å²) in [7, 11) is 0. The molecule has 8 rings (SSSR count). The van der Waals surface area contributed by atoms with E-state index < -0.39 is 0 Å². The Balaban J connectivity index is 1.42. The first-order valence-corrected chi connectivity index (χ1v) is 14.3. The molecule has 0 amide bonds. The molecule has 0 fully saturated rings. The molecule has 4 heterocycles. The first kappa shape index (κ1) is 23.0. The first-order valence-electron chi connectivity index (χ1n) is 13.5. The van der Waals surface area contributed by atoms with Gasteiger partial charge in [0.25, 0.3) is 0 Å². The lowest BCUT2D eigenvalue weighted by Gasteiger charge is -2.10. The lowest BCUT2D eigenvalue weighted by Crippen LogP contribution is -1.98. The maximum atomic E-state index is 4.78. The SMILES string of the molecule is C=Cc1c(/C=C\C)n(-c2cncc3c2sc2ccc(-n4c5ccccc5c5ccccc54)cc23)c2ccccc12. The van der Waals surface area contributed by atoms with Gasteiger partial charge in [-0.2, -0.15) is 0 Å². The number of aromatic nitrogens is 3. The third kappa shape index (κ3) is 3.14. The quantitative estimate of drug-likeness (QED) is 0.221. The van der Waals surface area contributed by atoms with Gasteiger partial charge in [0.1, 0.15) is 0 Å². The highest BCUT2D eigenvalue weighted by Crippen LogP contribution is 2.41. The van der Waals surface area contributed by atoms with E-state index in [1.54, 1.807) is 0 Å². The highest BCUT2D eigenvalue weighted by atomic mass is 32.1. The minimum atomic E-state index is 1.09. The van der Waals surface area contributed by atoms with Crippen LogP contribution >= 0.6 is 11.3 Å². The van der Waals surface area contributed by atoms with E-state index in [-0.39, 0.29) is 0 Å². The number of nitrogens with zero attached hydrogens (tertiary/aromatic N) is 3. The molecule has 0 aliphatic carbocycles. The summed E-state index contributed by atoms with van der Waals surface area (Å²) in [6, 6.07) is 32.7. The molecule has 4 heteroatoms. The topological polar surface area (TPSA) is 22.8 Å². The maximum Gasteiger partial charge on any atom is 0.0825 e. The zero-order valence-corrected chi connectivity index (χ0v) is 22.8. The summed E-state index contributed by atoms with van der Waals surface area (Å²) >= 11 is 1.83. The molecule has 0 N–H and O–H groups in total. The number of hydrogen-bond donors (Lipinski definition) is 0. The van der Waals surface area contributed by atoms with Crippen LogP contribution < -0.4 is 0 Å². The fraction of sp³-hybridized carbons (Fsp3) is 0.0278. The molecule has 0 aliphatic rings. The summed E-state index contributed by atoms with van der Waals surface area (Å²) in [5, 5.41) is 6.13. The number of hydrogen-bond acceptors (Lipinski definition) is 2. The van der Waals surface area contributed by atoms with E-state index >= 15 is 0 Å². The van der Waals surface area contributed by atoms with E-state index in [1.165, 1.54) is 47.4 Å². The van der Waals surface area contributed by atoms with E-state index in [2.05, 4.69) is 126 Å². The van der Waals surface area contributed by atoms with Gasteiger partial charge in [0.15, 0.2) is 0 Å². The maximum absolute atomic E-state index is 4.78. The highest BCUT2D eigenvalue weighted by Gasteiger charge is 2.19. The van der Waals surface area contributed by atoms with Crippen LogP contribution in [0.2, 0.25) is 0 Å². The van der Waals surface area contributed by atoms with Crippen molar-refractivity contribution in [3.05, 3.63) is 127 Å². The minimum Gasteiger partial charge on any atom is -0.309 e. The summed E-state index contributed by atoms with van der Waals surface area (Å²) in [5.74, 6) is 0. The predicted octanol–water partition coefficient (Wildman–Crippen LogP) is 10.2. The second kappa shape index (κ2) is 8.80. The van der Waals surface area contributed by atoms with Gasteiger partial charge in [-0.25, -0.2) is 0 Å². The minimum absolute atomic E-state index is 1.09. The van der Waals surface area contributed by atoms with Crippen molar-refractivity contribution in [3.63, 3.8) is 0 Å². The van der Waals surface area contributed by atoms with Gasteiger partial charge in [-0.3, -0.25) is 4.98 Å². The number of thiophene rings is 1. The molecular formula is C36H25N3S. The Morgan fingerprint density at radius 3 is 2.02 bits per heavy atom. The summed E-state index contributed by atoms with van der Waals surface area (Å²) in [4.78, 5) is 4.78. The molecule has 0 atom stereocenters. The normalized spacial score (nSPS) is 12.1. The van der Waals surface area contributed by atoms with Gasteiger partial charge in [-0.05, 0) is 49.4 Å². The molecule has 0 unspecified atom stereocenters. The number of para-hydroxylation sites is 3. The Morgan fingerprint density at radius 1 is 0.700 bits per heavy atom. The smallest absolute Gasteiger partial charge is 0.0825 e. The standard InChI is InChI=1S/C36H25N3S/c1-3-11-30-24(4-2)25-12-5-10-17-33(25)39(30)34-22-37-21-29-28-20-23(18-19-35(28)40-36(29)34)38-31-15-8-6-13-26(31)27-14-7-9-16-32(27)38/h3-22H,2H2,1H3/b11-3-. The zero-order valence-electron chi connectivity index (χ0n) is 22.0. The van der Waals surface area contributed by atoms with Crippen molar-refractivity contribution >= 4 is 76.4 Å². The molecule has 190 valence electrons. The van der Waals surface area contributed by atoms with Gasteiger partial charge in [0.2, 0.25) is 0 Å². The van der Waals surface area contributed by atoms with Crippen molar-refractivity contribution in [2.45, 2.75) is 6.92 Å². The van der Waals surface area contributed by atoms with E-state index in [1.807, 2.05) is 29.8 Å². The van der Waals surface area contributed by atoms with Crippen molar-refractivity contribution < 1.29 is 0 Å². The fourth-order valence-electron chi connectivity index (χ4n) is 6.24. The van der Waals surface area contributed by atoms with Crippen LogP contribution in [0.15, 0.2) is 116 Å². The molecule has 4 aromatic carbocycles.